The van der Waals surface area contributed by atoms with Gasteiger partial charge in [-0.15, -0.1) is 0 Å². The fourth-order valence-corrected chi connectivity index (χ4v) is 4.01. The Balaban J connectivity index is 1.15. The van der Waals surface area contributed by atoms with Gasteiger partial charge in [-0.3, -0.25) is 14.5 Å². The summed E-state index contributed by atoms with van der Waals surface area (Å²) in [7, 11) is 0. The Morgan fingerprint density at radius 1 is 0.939 bits per heavy atom. The van der Waals surface area contributed by atoms with Crippen LogP contribution in [0.1, 0.15) is 21.6 Å². The number of nitrogens with zero attached hydrogens (tertiary/aromatic N) is 2. The summed E-state index contributed by atoms with van der Waals surface area (Å²) >= 11 is 0. The molecule has 0 unspecified atom stereocenters. The van der Waals surface area contributed by atoms with E-state index in [-0.39, 0.29) is 29.6 Å². The molecular formula is C25H25N3O5. The number of carbonyl (C=O) groups excluding carboxylic acids is 1. The molecule has 1 aromatic heterocycles. The van der Waals surface area contributed by atoms with Crippen molar-refractivity contribution in [1.29, 1.82) is 0 Å². The van der Waals surface area contributed by atoms with Crippen molar-refractivity contribution < 1.29 is 19.0 Å². The number of aromatic nitrogens is 1. The molecule has 0 saturated carbocycles. The van der Waals surface area contributed by atoms with Crippen molar-refractivity contribution >= 4 is 5.91 Å². The summed E-state index contributed by atoms with van der Waals surface area (Å²) in [4.78, 5) is 32.3. The summed E-state index contributed by atoms with van der Waals surface area (Å²) in [5.74, 6) is 1.58. The van der Waals surface area contributed by atoms with Gasteiger partial charge in [0.05, 0.1) is 0 Å². The van der Waals surface area contributed by atoms with Crippen LogP contribution in [0.25, 0.3) is 0 Å². The number of pyridine rings is 1. The monoisotopic (exact) mass is 447 g/mol. The molecule has 2 aliphatic heterocycles. The van der Waals surface area contributed by atoms with E-state index in [4.69, 9.17) is 14.2 Å². The minimum Gasteiger partial charge on any atom is -0.483 e. The molecule has 8 nitrogen and oxygen atoms in total. The van der Waals surface area contributed by atoms with Crippen molar-refractivity contribution in [1.82, 2.24) is 14.8 Å². The van der Waals surface area contributed by atoms with Crippen molar-refractivity contribution in [3.63, 3.8) is 0 Å². The van der Waals surface area contributed by atoms with Crippen molar-refractivity contribution in [2.24, 2.45) is 0 Å². The highest BCUT2D eigenvalue weighted by atomic mass is 16.7. The fourth-order valence-electron chi connectivity index (χ4n) is 4.01. The number of benzene rings is 2. The summed E-state index contributed by atoms with van der Waals surface area (Å²) in [6.07, 6.45) is 1.47. The lowest BCUT2D eigenvalue weighted by atomic mass is 10.1. The maximum atomic E-state index is 12.9. The quantitative estimate of drug-likeness (QED) is 0.626. The number of ether oxygens (including phenoxy) is 3. The van der Waals surface area contributed by atoms with Crippen molar-refractivity contribution in [3.05, 3.63) is 87.8 Å². The van der Waals surface area contributed by atoms with Gasteiger partial charge in [0.25, 0.3) is 5.91 Å². The normalized spacial score (nSPS) is 15.5. The van der Waals surface area contributed by atoms with Crippen LogP contribution in [0.5, 0.6) is 17.2 Å². The lowest BCUT2D eigenvalue weighted by molar-refractivity contribution is 0.0622. The highest BCUT2D eigenvalue weighted by Gasteiger charge is 2.24. The third kappa shape index (κ3) is 4.85. The zero-order valence-corrected chi connectivity index (χ0v) is 18.2. The predicted octanol–water partition coefficient (Wildman–Crippen LogP) is 2.64. The molecule has 1 amide bonds. The zero-order chi connectivity index (χ0) is 22.6. The lowest BCUT2D eigenvalue weighted by Gasteiger charge is -2.34. The van der Waals surface area contributed by atoms with Crippen LogP contribution in [0, 0.1) is 0 Å². The third-order valence-corrected chi connectivity index (χ3v) is 5.85. The van der Waals surface area contributed by atoms with Crippen LogP contribution in [0.15, 0.2) is 65.6 Å². The number of hydrogen-bond donors (Lipinski definition) is 1. The summed E-state index contributed by atoms with van der Waals surface area (Å²) in [5, 5.41) is 0. The number of hydrogen-bond acceptors (Lipinski definition) is 6. The van der Waals surface area contributed by atoms with E-state index in [1.807, 2.05) is 48.5 Å². The molecule has 2 aliphatic rings. The second-order valence-electron chi connectivity index (χ2n) is 8.11. The molecule has 1 fully saturated rings. The van der Waals surface area contributed by atoms with E-state index in [1.165, 1.54) is 12.3 Å². The molecule has 2 aromatic carbocycles. The van der Waals surface area contributed by atoms with Crippen LogP contribution < -0.4 is 19.6 Å². The molecule has 3 aromatic rings. The standard InChI is InChI=1S/C25H25N3O5/c29-21-13-20(26-14-24(21)31-16-18-4-2-1-3-5-18)25(30)28-10-8-27(9-11-28)15-19-6-7-22-23(12-19)33-17-32-22/h1-7,12-14H,8-11,15-17H2,(H,26,29). The van der Waals surface area contributed by atoms with Gasteiger partial charge >= 0.3 is 0 Å². The van der Waals surface area contributed by atoms with Gasteiger partial charge in [-0.25, -0.2) is 0 Å². The second-order valence-corrected chi connectivity index (χ2v) is 8.11. The number of amides is 1. The SMILES string of the molecule is O=C(c1cc(=O)c(OCc2ccccc2)c[nH]1)N1CCN(Cc2ccc3c(c2)OCO3)CC1. The Labute approximate surface area is 191 Å². The van der Waals surface area contributed by atoms with Gasteiger partial charge in [0.2, 0.25) is 12.2 Å². The molecule has 0 atom stereocenters. The van der Waals surface area contributed by atoms with Crippen molar-refractivity contribution in [2.75, 3.05) is 33.0 Å². The van der Waals surface area contributed by atoms with Gasteiger partial charge < -0.3 is 24.1 Å². The smallest absolute Gasteiger partial charge is 0.270 e. The van der Waals surface area contributed by atoms with Crippen LogP contribution in [-0.2, 0) is 13.2 Å². The molecule has 0 aliphatic carbocycles. The summed E-state index contributed by atoms with van der Waals surface area (Å²) in [6, 6.07) is 16.9. The first kappa shape index (κ1) is 21.1. The summed E-state index contributed by atoms with van der Waals surface area (Å²) in [5.41, 5.74) is 2.08. The van der Waals surface area contributed by atoms with Gasteiger partial charge in [0, 0.05) is 45.0 Å². The number of aromatic amines is 1. The Kier molecular flexibility index (Phi) is 5.99. The van der Waals surface area contributed by atoms with E-state index >= 15 is 0 Å². The Morgan fingerprint density at radius 3 is 2.52 bits per heavy atom. The van der Waals surface area contributed by atoms with E-state index in [2.05, 4.69) is 9.88 Å². The van der Waals surface area contributed by atoms with Crippen LogP contribution in [0.4, 0.5) is 0 Å². The van der Waals surface area contributed by atoms with E-state index in [9.17, 15) is 9.59 Å². The minimum atomic E-state index is -0.311. The highest BCUT2D eigenvalue weighted by Crippen LogP contribution is 2.32. The Bertz CT molecular complexity index is 1190. The highest BCUT2D eigenvalue weighted by molar-refractivity contribution is 5.92. The molecule has 170 valence electrons. The molecule has 0 bridgehead atoms. The number of carbonyl (C=O) groups is 1. The van der Waals surface area contributed by atoms with E-state index in [0.717, 1.165) is 42.3 Å². The van der Waals surface area contributed by atoms with Crippen LogP contribution in [-0.4, -0.2) is 53.7 Å². The fraction of sp³-hybridized carbons (Fsp3) is 0.280. The molecule has 8 heteroatoms. The van der Waals surface area contributed by atoms with E-state index in [1.54, 1.807) is 4.90 Å². The molecule has 0 spiro atoms. The summed E-state index contributed by atoms with van der Waals surface area (Å²) in [6.45, 7) is 4.04. The Morgan fingerprint density at radius 2 is 1.73 bits per heavy atom. The van der Waals surface area contributed by atoms with Crippen LogP contribution in [0.2, 0.25) is 0 Å². The first-order valence-electron chi connectivity index (χ1n) is 11.0. The Hall–Kier alpha value is -3.78. The van der Waals surface area contributed by atoms with Crippen molar-refractivity contribution in [3.8, 4) is 17.2 Å². The van der Waals surface area contributed by atoms with Gasteiger partial charge in [0.15, 0.2) is 17.2 Å². The number of rotatable bonds is 6. The maximum Gasteiger partial charge on any atom is 0.270 e. The number of piperazine rings is 1. The average Bonchev–Trinajstić information content (AvgIpc) is 3.32. The van der Waals surface area contributed by atoms with Gasteiger partial charge in [-0.2, -0.15) is 0 Å². The summed E-state index contributed by atoms with van der Waals surface area (Å²) < 4.78 is 16.4. The van der Waals surface area contributed by atoms with Gasteiger partial charge in [-0.1, -0.05) is 36.4 Å². The van der Waals surface area contributed by atoms with Crippen molar-refractivity contribution in [2.45, 2.75) is 13.2 Å². The molecule has 1 N–H and O–H groups in total. The topological polar surface area (TPSA) is 84.1 Å². The van der Waals surface area contributed by atoms with E-state index in [0.29, 0.717) is 19.7 Å². The molecule has 5 rings (SSSR count). The number of nitrogens with one attached hydrogen (secondary N) is 1. The number of H-pyrrole nitrogens is 1. The molecular weight excluding hydrogens is 422 g/mol. The van der Waals surface area contributed by atoms with Crippen LogP contribution in [0.3, 0.4) is 0 Å². The average molecular weight is 447 g/mol. The predicted molar refractivity (Wildman–Crippen MR) is 122 cm³/mol. The second kappa shape index (κ2) is 9.38. The maximum absolute atomic E-state index is 12.9. The van der Waals surface area contributed by atoms with Gasteiger partial charge in [0.1, 0.15) is 12.3 Å². The first-order chi connectivity index (χ1) is 16.2. The molecule has 1 saturated heterocycles. The third-order valence-electron chi connectivity index (χ3n) is 5.85. The van der Waals surface area contributed by atoms with Gasteiger partial charge in [-0.05, 0) is 23.3 Å². The molecule has 33 heavy (non-hydrogen) atoms. The largest absolute Gasteiger partial charge is 0.483 e. The number of fused-ring (bicyclic) bond motifs is 1. The molecule has 0 radical (unpaired) electrons. The lowest BCUT2D eigenvalue weighted by Crippen LogP contribution is -2.48. The van der Waals surface area contributed by atoms with Crippen LogP contribution >= 0.6 is 0 Å². The zero-order valence-electron chi connectivity index (χ0n) is 18.2. The molecule has 3 heterocycles. The first-order valence-corrected chi connectivity index (χ1v) is 11.0. The minimum absolute atomic E-state index is 0.176. The van der Waals surface area contributed by atoms with E-state index < -0.39 is 0 Å².